The molecule has 90 valence electrons. The largest absolute Gasteiger partial charge is 0.460 e. The van der Waals surface area contributed by atoms with Crippen molar-refractivity contribution >= 4 is 0 Å². The fourth-order valence-electron chi connectivity index (χ4n) is 2.21. The highest BCUT2D eigenvalue weighted by atomic mass is 16.3. The van der Waals surface area contributed by atoms with Crippen LogP contribution in [0, 0.1) is 27.7 Å². The van der Waals surface area contributed by atoms with Crippen LogP contribution in [0.3, 0.4) is 0 Å². The van der Waals surface area contributed by atoms with E-state index in [1.165, 1.54) is 27.8 Å². The minimum absolute atomic E-state index is 0.447. The Bertz CT molecular complexity index is 526. The summed E-state index contributed by atoms with van der Waals surface area (Å²) in [5.41, 5.74) is 12.0. The van der Waals surface area contributed by atoms with Gasteiger partial charge < -0.3 is 10.2 Å². The third-order valence-electron chi connectivity index (χ3n) is 3.48. The Labute approximate surface area is 102 Å². The molecule has 1 aromatic heterocycles. The Morgan fingerprint density at radius 3 is 2.06 bits per heavy atom. The number of hydrogen-bond donors (Lipinski definition) is 1. The summed E-state index contributed by atoms with van der Waals surface area (Å²) in [4.78, 5) is 0. The summed E-state index contributed by atoms with van der Waals surface area (Å²) in [6.45, 7) is 9.00. The molecule has 0 bridgehead atoms. The van der Waals surface area contributed by atoms with Crippen molar-refractivity contribution in [3.05, 3.63) is 46.2 Å². The summed E-state index contributed by atoms with van der Waals surface area (Å²) < 4.78 is 5.77. The van der Waals surface area contributed by atoms with Gasteiger partial charge in [0.2, 0.25) is 0 Å². The van der Waals surface area contributed by atoms with Gasteiger partial charge in [0.1, 0.15) is 11.5 Å². The number of benzene rings is 1. The maximum absolute atomic E-state index is 5.77. The second-order valence-corrected chi connectivity index (χ2v) is 4.61. The maximum Gasteiger partial charge on any atom is 0.134 e. The molecule has 0 fully saturated rings. The lowest BCUT2D eigenvalue weighted by Gasteiger charge is -2.13. The van der Waals surface area contributed by atoms with Crippen molar-refractivity contribution in [2.75, 3.05) is 0 Å². The summed E-state index contributed by atoms with van der Waals surface area (Å²) in [7, 11) is 0. The monoisotopic (exact) mass is 229 g/mol. The third kappa shape index (κ3) is 2.01. The zero-order chi connectivity index (χ0) is 12.6. The minimum atomic E-state index is 0.447. The summed E-state index contributed by atoms with van der Waals surface area (Å²) in [5.74, 6) is 1.75. The van der Waals surface area contributed by atoms with Gasteiger partial charge in [0.25, 0.3) is 0 Å². The third-order valence-corrected chi connectivity index (χ3v) is 3.48. The lowest BCUT2D eigenvalue weighted by Crippen LogP contribution is -1.95. The molecule has 17 heavy (non-hydrogen) atoms. The van der Waals surface area contributed by atoms with E-state index >= 15 is 0 Å². The van der Waals surface area contributed by atoms with Gasteiger partial charge in [-0.15, -0.1) is 0 Å². The quantitative estimate of drug-likeness (QED) is 0.854. The van der Waals surface area contributed by atoms with Crippen molar-refractivity contribution in [3.63, 3.8) is 0 Å². The molecule has 0 aliphatic carbocycles. The van der Waals surface area contributed by atoms with Gasteiger partial charge in [-0.2, -0.15) is 0 Å². The average molecular weight is 229 g/mol. The second kappa shape index (κ2) is 4.38. The van der Waals surface area contributed by atoms with E-state index < -0.39 is 0 Å². The number of nitrogens with two attached hydrogens (primary N) is 1. The molecule has 0 aliphatic rings. The maximum atomic E-state index is 5.77. The molecule has 2 N–H and O–H groups in total. The predicted molar refractivity (Wildman–Crippen MR) is 71.0 cm³/mol. The van der Waals surface area contributed by atoms with E-state index in [9.17, 15) is 0 Å². The topological polar surface area (TPSA) is 39.2 Å². The Morgan fingerprint density at radius 1 is 1.00 bits per heavy atom. The van der Waals surface area contributed by atoms with Crippen molar-refractivity contribution < 1.29 is 4.42 Å². The van der Waals surface area contributed by atoms with Crippen LogP contribution >= 0.6 is 0 Å². The van der Waals surface area contributed by atoms with E-state index in [-0.39, 0.29) is 0 Å². The van der Waals surface area contributed by atoms with E-state index in [2.05, 4.69) is 33.8 Å². The standard InChI is InChI=1S/C15H19NO/c1-9-7-10(2)12(4)15(11(9)3)14-6-5-13(8-16)17-14/h5-7H,8,16H2,1-4H3. The van der Waals surface area contributed by atoms with Crippen LogP contribution in [0.4, 0.5) is 0 Å². The minimum Gasteiger partial charge on any atom is -0.460 e. The summed E-state index contributed by atoms with van der Waals surface area (Å²) >= 11 is 0. The number of hydrogen-bond acceptors (Lipinski definition) is 2. The summed E-state index contributed by atoms with van der Waals surface area (Å²) in [6, 6.07) is 6.18. The molecule has 0 aliphatic heterocycles. The van der Waals surface area contributed by atoms with Gasteiger partial charge in [-0.1, -0.05) is 6.07 Å². The average Bonchev–Trinajstić information content (AvgIpc) is 2.75. The molecule has 2 aromatic rings. The molecule has 0 atom stereocenters. The fraction of sp³-hybridized carbons (Fsp3) is 0.333. The second-order valence-electron chi connectivity index (χ2n) is 4.61. The van der Waals surface area contributed by atoms with Gasteiger partial charge in [0.05, 0.1) is 6.54 Å². The SMILES string of the molecule is Cc1cc(C)c(C)c(-c2ccc(CN)o2)c1C. The first-order valence-corrected chi connectivity index (χ1v) is 5.91. The van der Waals surface area contributed by atoms with E-state index in [0.717, 1.165) is 11.5 Å². The van der Waals surface area contributed by atoms with Gasteiger partial charge in [0.15, 0.2) is 0 Å². The van der Waals surface area contributed by atoms with Gasteiger partial charge in [-0.05, 0) is 62.1 Å². The van der Waals surface area contributed by atoms with Crippen molar-refractivity contribution in [1.82, 2.24) is 0 Å². The highest BCUT2D eigenvalue weighted by molar-refractivity contribution is 5.69. The van der Waals surface area contributed by atoms with Crippen LogP contribution in [0.5, 0.6) is 0 Å². The van der Waals surface area contributed by atoms with Crippen LogP contribution in [-0.4, -0.2) is 0 Å². The molecule has 1 heterocycles. The van der Waals surface area contributed by atoms with E-state index in [1.807, 2.05) is 12.1 Å². The normalized spacial score (nSPS) is 10.9. The number of furan rings is 1. The van der Waals surface area contributed by atoms with Crippen molar-refractivity contribution in [1.29, 1.82) is 0 Å². The summed E-state index contributed by atoms with van der Waals surface area (Å²) in [6.07, 6.45) is 0. The van der Waals surface area contributed by atoms with Crippen molar-refractivity contribution in [3.8, 4) is 11.3 Å². The molecule has 0 amide bonds. The van der Waals surface area contributed by atoms with Gasteiger partial charge in [-0.3, -0.25) is 0 Å². The molecule has 0 radical (unpaired) electrons. The molecule has 2 heteroatoms. The zero-order valence-corrected chi connectivity index (χ0v) is 10.9. The highest BCUT2D eigenvalue weighted by Crippen LogP contribution is 2.32. The Kier molecular flexibility index (Phi) is 3.07. The van der Waals surface area contributed by atoms with Gasteiger partial charge >= 0.3 is 0 Å². The first kappa shape index (κ1) is 11.9. The predicted octanol–water partition coefficient (Wildman–Crippen LogP) is 3.64. The first-order valence-electron chi connectivity index (χ1n) is 5.91. The Hall–Kier alpha value is -1.54. The van der Waals surface area contributed by atoms with Crippen LogP contribution in [0.1, 0.15) is 28.0 Å². The van der Waals surface area contributed by atoms with Crippen LogP contribution in [-0.2, 0) is 6.54 Å². The fourth-order valence-corrected chi connectivity index (χ4v) is 2.21. The molecule has 2 nitrogen and oxygen atoms in total. The lowest BCUT2D eigenvalue weighted by atomic mass is 9.93. The van der Waals surface area contributed by atoms with Crippen LogP contribution in [0.15, 0.2) is 22.6 Å². The molecule has 0 saturated carbocycles. The van der Waals surface area contributed by atoms with Crippen LogP contribution < -0.4 is 5.73 Å². The first-order chi connectivity index (χ1) is 8.04. The van der Waals surface area contributed by atoms with Crippen molar-refractivity contribution in [2.24, 2.45) is 5.73 Å². The van der Waals surface area contributed by atoms with Gasteiger partial charge in [-0.25, -0.2) is 0 Å². The molecule has 0 saturated heterocycles. The molecule has 2 rings (SSSR count). The van der Waals surface area contributed by atoms with Crippen LogP contribution in [0.2, 0.25) is 0 Å². The number of rotatable bonds is 2. The van der Waals surface area contributed by atoms with E-state index in [1.54, 1.807) is 0 Å². The molecule has 0 unspecified atom stereocenters. The molecule has 1 aromatic carbocycles. The lowest BCUT2D eigenvalue weighted by molar-refractivity contribution is 0.524. The smallest absolute Gasteiger partial charge is 0.134 e. The highest BCUT2D eigenvalue weighted by Gasteiger charge is 2.13. The van der Waals surface area contributed by atoms with Gasteiger partial charge in [0, 0.05) is 5.56 Å². The Balaban J connectivity index is 2.65. The van der Waals surface area contributed by atoms with Crippen molar-refractivity contribution in [2.45, 2.75) is 34.2 Å². The van der Waals surface area contributed by atoms with Crippen LogP contribution in [0.25, 0.3) is 11.3 Å². The van der Waals surface area contributed by atoms with E-state index in [0.29, 0.717) is 6.54 Å². The van der Waals surface area contributed by atoms with E-state index in [4.69, 9.17) is 10.2 Å². The molecule has 0 spiro atoms. The zero-order valence-electron chi connectivity index (χ0n) is 10.9. The Morgan fingerprint density at radius 2 is 1.59 bits per heavy atom. The number of aryl methyl sites for hydroxylation is 2. The molecular formula is C15H19NO. The molecular weight excluding hydrogens is 210 g/mol. The summed E-state index contributed by atoms with van der Waals surface area (Å²) in [5, 5.41) is 0.